The van der Waals surface area contributed by atoms with E-state index in [0.29, 0.717) is 11.3 Å². The maximum atomic E-state index is 12.4. The third-order valence-electron chi connectivity index (χ3n) is 3.75. The van der Waals surface area contributed by atoms with Gasteiger partial charge in [-0.15, -0.1) is 0 Å². The SMILES string of the molecule is COc1ccc(C(=O)[C@H](C)OC(=O)c2cc(S(N)(=O)=O)ccc2OC)cc1. The highest BCUT2D eigenvalue weighted by molar-refractivity contribution is 7.89. The summed E-state index contributed by atoms with van der Waals surface area (Å²) < 4.78 is 38.3. The Labute approximate surface area is 156 Å². The number of methoxy groups -OCH3 is 2. The van der Waals surface area contributed by atoms with Crippen LogP contribution in [0.15, 0.2) is 47.4 Å². The van der Waals surface area contributed by atoms with Crippen LogP contribution in [0.2, 0.25) is 0 Å². The topological polar surface area (TPSA) is 122 Å². The highest BCUT2D eigenvalue weighted by Gasteiger charge is 2.24. The quantitative estimate of drug-likeness (QED) is 0.562. The zero-order valence-electron chi connectivity index (χ0n) is 15.0. The minimum Gasteiger partial charge on any atom is -0.497 e. The number of benzene rings is 2. The summed E-state index contributed by atoms with van der Waals surface area (Å²) in [6.45, 7) is 1.42. The average Bonchev–Trinajstić information content (AvgIpc) is 2.66. The minimum absolute atomic E-state index is 0.0940. The summed E-state index contributed by atoms with van der Waals surface area (Å²) in [5, 5.41) is 5.08. The molecule has 2 aromatic carbocycles. The molecule has 0 fully saturated rings. The predicted molar refractivity (Wildman–Crippen MR) is 96.6 cm³/mol. The number of sulfonamides is 1. The van der Waals surface area contributed by atoms with Gasteiger partial charge in [-0.1, -0.05) is 0 Å². The number of esters is 1. The molecule has 0 spiro atoms. The van der Waals surface area contributed by atoms with Crippen molar-refractivity contribution in [1.82, 2.24) is 0 Å². The van der Waals surface area contributed by atoms with Crippen molar-refractivity contribution in [2.24, 2.45) is 5.14 Å². The van der Waals surface area contributed by atoms with E-state index in [1.165, 1.54) is 33.3 Å². The molecule has 0 heterocycles. The van der Waals surface area contributed by atoms with Crippen LogP contribution in [0.4, 0.5) is 0 Å². The lowest BCUT2D eigenvalue weighted by Gasteiger charge is -2.14. The Morgan fingerprint density at radius 3 is 2.15 bits per heavy atom. The highest BCUT2D eigenvalue weighted by atomic mass is 32.2. The zero-order valence-corrected chi connectivity index (χ0v) is 15.8. The molecule has 0 aliphatic heterocycles. The zero-order chi connectivity index (χ0) is 20.2. The van der Waals surface area contributed by atoms with Gasteiger partial charge in [-0.2, -0.15) is 0 Å². The normalized spacial score (nSPS) is 12.1. The van der Waals surface area contributed by atoms with Crippen LogP contribution in [0.1, 0.15) is 27.6 Å². The van der Waals surface area contributed by atoms with Gasteiger partial charge in [0.15, 0.2) is 6.10 Å². The number of rotatable bonds is 7. The fourth-order valence-corrected chi connectivity index (χ4v) is 2.83. The van der Waals surface area contributed by atoms with Crippen molar-refractivity contribution in [3.8, 4) is 11.5 Å². The largest absolute Gasteiger partial charge is 0.497 e. The molecule has 0 unspecified atom stereocenters. The van der Waals surface area contributed by atoms with Crippen LogP contribution in [0.25, 0.3) is 0 Å². The fraction of sp³-hybridized carbons (Fsp3) is 0.222. The number of ketones is 1. The van der Waals surface area contributed by atoms with E-state index >= 15 is 0 Å². The molecule has 144 valence electrons. The summed E-state index contributed by atoms with van der Waals surface area (Å²) in [4.78, 5) is 24.6. The van der Waals surface area contributed by atoms with E-state index < -0.39 is 27.9 Å². The number of Topliss-reactive ketones (excluding diaryl/α,β-unsaturated/α-hetero) is 1. The molecular weight excluding hydrogens is 374 g/mol. The first kappa shape index (κ1) is 20.4. The molecule has 0 saturated carbocycles. The van der Waals surface area contributed by atoms with E-state index in [1.54, 1.807) is 24.3 Å². The van der Waals surface area contributed by atoms with Gasteiger partial charge < -0.3 is 14.2 Å². The predicted octanol–water partition coefficient (Wildman–Crippen LogP) is 1.78. The molecule has 2 aromatic rings. The summed E-state index contributed by atoms with van der Waals surface area (Å²) in [6.07, 6.45) is -1.10. The lowest BCUT2D eigenvalue weighted by atomic mass is 10.1. The number of carbonyl (C=O) groups is 2. The van der Waals surface area contributed by atoms with E-state index in [2.05, 4.69) is 0 Å². The number of hydrogen-bond donors (Lipinski definition) is 1. The van der Waals surface area contributed by atoms with Gasteiger partial charge in [-0.3, -0.25) is 4.79 Å². The molecule has 0 saturated heterocycles. The van der Waals surface area contributed by atoms with E-state index in [0.717, 1.165) is 6.07 Å². The van der Waals surface area contributed by atoms with Crippen molar-refractivity contribution in [1.29, 1.82) is 0 Å². The summed E-state index contributed by atoms with van der Waals surface area (Å²) in [5.41, 5.74) is 0.180. The van der Waals surface area contributed by atoms with Gasteiger partial charge >= 0.3 is 5.97 Å². The van der Waals surface area contributed by atoms with Crippen LogP contribution >= 0.6 is 0 Å². The summed E-state index contributed by atoms with van der Waals surface area (Å²) in [7, 11) is -1.20. The molecule has 0 aromatic heterocycles. The summed E-state index contributed by atoms with van der Waals surface area (Å²) in [6, 6.07) is 9.85. The number of nitrogens with two attached hydrogens (primary N) is 1. The Balaban J connectivity index is 2.23. The molecule has 1 atom stereocenters. The Morgan fingerprint density at radius 2 is 1.63 bits per heavy atom. The molecule has 9 heteroatoms. The lowest BCUT2D eigenvalue weighted by molar-refractivity contribution is 0.0315. The molecule has 0 radical (unpaired) electrons. The Hall–Kier alpha value is -2.91. The van der Waals surface area contributed by atoms with Crippen molar-refractivity contribution >= 4 is 21.8 Å². The number of carbonyl (C=O) groups excluding carboxylic acids is 2. The van der Waals surface area contributed by atoms with Crippen LogP contribution in [0.5, 0.6) is 11.5 Å². The Bertz CT molecular complexity index is 952. The summed E-state index contributed by atoms with van der Waals surface area (Å²) >= 11 is 0. The monoisotopic (exact) mass is 393 g/mol. The maximum absolute atomic E-state index is 12.4. The smallest absolute Gasteiger partial charge is 0.342 e. The van der Waals surface area contributed by atoms with E-state index in [4.69, 9.17) is 19.3 Å². The summed E-state index contributed by atoms with van der Waals surface area (Å²) in [5.74, 6) is -0.656. The van der Waals surface area contributed by atoms with Gasteiger partial charge in [0.25, 0.3) is 0 Å². The number of primary sulfonamides is 1. The van der Waals surface area contributed by atoms with Crippen molar-refractivity contribution in [2.75, 3.05) is 14.2 Å². The van der Waals surface area contributed by atoms with Crippen LogP contribution in [0.3, 0.4) is 0 Å². The lowest BCUT2D eigenvalue weighted by Crippen LogP contribution is -2.25. The molecular formula is C18H19NO7S. The molecule has 2 rings (SSSR count). The second-order valence-corrected chi connectivity index (χ2v) is 7.11. The van der Waals surface area contributed by atoms with Gasteiger partial charge in [0.1, 0.15) is 17.1 Å². The molecule has 0 amide bonds. The molecule has 0 bridgehead atoms. The molecule has 8 nitrogen and oxygen atoms in total. The first-order chi connectivity index (χ1) is 12.7. The highest BCUT2D eigenvalue weighted by Crippen LogP contribution is 2.24. The van der Waals surface area contributed by atoms with Gasteiger partial charge in [0, 0.05) is 5.56 Å². The Kier molecular flexibility index (Phi) is 6.19. The molecule has 0 aliphatic carbocycles. The standard InChI is InChI=1S/C18H19NO7S/c1-11(17(20)12-4-6-13(24-2)7-5-12)26-18(21)15-10-14(27(19,22)23)8-9-16(15)25-3/h4-11H,1-3H3,(H2,19,22,23)/t11-/m0/s1. The third kappa shape index (κ3) is 4.83. The molecule has 0 aliphatic rings. The minimum atomic E-state index is -4.02. The van der Waals surface area contributed by atoms with Crippen molar-refractivity contribution in [3.63, 3.8) is 0 Å². The molecule has 2 N–H and O–H groups in total. The fourth-order valence-electron chi connectivity index (χ4n) is 2.29. The van der Waals surface area contributed by atoms with Gasteiger partial charge in [0.2, 0.25) is 15.8 Å². The maximum Gasteiger partial charge on any atom is 0.342 e. The number of hydrogen-bond acceptors (Lipinski definition) is 7. The first-order valence-corrected chi connectivity index (χ1v) is 9.32. The third-order valence-corrected chi connectivity index (χ3v) is 4.66. The van der Waals surface area contributed by atoms with Crippen molar-refractivity contribution in [2.45, 2.75) is 17.9 Å². The van der Waals surface area contributed by atoms with Crippen LogP contribution < -0.4 is 14.6 Å². The van der Waals surface area contributed by atoms with Crippen molar-refractivity contribution in [3.05, 3.63) is 53.6 Å². The van der Waals surface area contributed by atoms with E-state index in [1.807, 2.05) is 0 Å². The van der Waals surface area contributed by atoms with Crippen molar-refractivity contribution < 1.29 is 32.2 Å². The average molecular weight is 393 g/mol. The van der Waals surface area contributed by atoms with E-state index in [9.17, 15) is 18.0 Å². The van der Waals surface area contributed by atoms with Gasteiger partial charge in [-0.25, -0.2) is 18.4 Å². The van der Waals surface area contributed by atoms with Crippen LogP contribution in [-0.4, -0.2) is 40.5 Å². The van der Waals surface area contributed by atoms with Crippen LogP contribution in [-0.2, 0) is 14.8 Å². The second-order valence-electron chi connectivity index (χ2n) is 5.55. The van der Waals surface area contributed by atoms with E-state index in [-0.39, 0.29) is 16.2 Å². The van der Waals surface area contributed by atoms with Crippen LogP contribution in [0, 0.1) is 0 Å². The van der Waals surface area contributed by atoms with Gasteiger partial charge in [-0.05, 0) is 49.4 Å². The second kappa shape index (κ2) is 8.19. The Morgan fingerprint density at radius 1 is 1.00 bits per heavy atom. The van der Waals surface area contributed by atoms with Gasteiger partial charge in [0.05, 0.1) is 19.1 Å². The first-order valence-electron chi connectivity index (χ1n) is 7.77. The number of ether oxygens (including phenoxy) is 3. The molecule has 27 heavy (non-hydrogen) atoms.